The molecule has 0 saturated carbocycles. The number of likely N-dealkylation sites (tertiary alicyclic amines) is 1. The van der Waals surface area contributed by atoms with E-state index in [4.69, 9.17) is 10.9 Å². The molecule has 0 spiro atoms. The zero-order valence-corrected chi connectivity index (χ0v) is 8.23. The molecule has 0 radical (unpaired) electrons. The quantitative estimate of drug-likeness (QED) is 0.236. The Balaban J connectivity index is 2.42. The van der Waals surface area contributed by atoms with Crippen molar-refractivity contribution in [3.05, 3.63) is 0 Å². The molecule has 1 aliphatic heterocycles. The second-order valence-electron chi connectivity index (χ2n) is 3.34. The van der Waals surface area contributed by atoms with Gasteiger partial charge in [0.05, 0.1) is 0 Å². The van der Waals surface area contributed by atoms with Gasteiger partial charge in [0.15, 0.2) is 0 Å². The van der Waals surface area contributed by atoms with E-state index in [1.165, 1.54) is 0 Å². The second kappa shape index (κ2) is 4.69. The first kappa shape index (κ1) is 10.6. The lowest BCUT2D eigenvalue weighted by Crippen LogP contribution is -2.45. The Hall–Kier alpha value is -1.46. The number of carbonyl (C=O) groups excluding carboxylic acids is 1. The van der Waals surface area contributed by atoms with Crippen molar-refractivity contribution in [2.75, 3.05) is 20.1 Å². The number of amides is 2. The number of hydrogen-bond acceptors (Lipinski definition) is 3. The van der Waals surface area contributed by atoms with Crippen molar-refractivity contribution in [3.8, 4) is 0 Å². The lowest BCUT2D eigenvalue weighted by Gasteiger charge is -2.30. The van der Waals surface area contributed by atoms with Crippen LogP contribution in [0, 0.1) is 5.92 Å². The molecule has 0 unspecified atom stereocenters. The summed E-state index contributed by atoms with van der Waals surface area (Å²) in [6, 6.07) is -0.0667. The molecule has 2 amide bonds. The number of hydrogen-bond donors (Lipinski definition) is 3. The van der Waals surface area contributed by atoms with Crippen LogP contribution < -0.4 is 11.1 Å². The average molecular weight is 200 g/mol. The van der Waals surface area contributed by atoms with Gasteiger partial charge in [-0.05, 0) is 12.8 Å². The lowest BCUT2D eigenvalue weighted by atomic mass is 9.96. The summed E-state index contributed by atoms with van der Waals surface area (Å²) < 4.78 is 0. The molecule has 6 heteroatoms. The minimum atomic E-state index is -0.0667. The third-order valence-electron chi connectivity index (χ3n) is 2.53. The summed E-state index contributed by atoms with van der Waals surface area (Å²) in [6.45, 7) is 1.31. The number of piperidine rings is 1. The molecular formula is C8H16N4O2. The highest BCUT2D eigenvalue weighted by Crippen LogP contribution is 2.16. The fraction of sp³-hybridized carbons (Fsp3) is 0.750. The Morgan fingerprint density at radius 2 is 2.14 bits per heavy atom. The van der Waals surface area contributed by atoms with Crippen LogP contribution in [0.5, 0.6) is 0 Å². The predicted molar refractivity (Wildman–Crippen MR) is 52.2 cm³/mol. The number of carbonyl (C=O) groups is 1. The van der Waals surface area contributed by atoms with E-state index >= 15 is 0 Å². The highest BCUT2D eigenvalue weighted by molar-refractivity contribution is 5.82. The molecule has 1 heterocycles. The topological polar surface area (TPSA) is 91.0 Å². The molecule has 0 bridgehead atoms. The molecular weight excluding hydrogens is 184 g/mol. The summed E-state index contributed by atoms with van der Waals surface area (Å²) in [5.41, 5.74) is 5.48. The number of rotatable bonds is 1. The average Bonchev–Trinajstić information content (AvgIpc) is 2.27. The predicted octanol–water partition coefficient (Wildman–Crippen LogP) is -0.216. The van der Waals surface area contributed by atoms with Crippen molar-refractivity contribution in [3.63, 3.8) is 0 Å². The molecule has 0 atom stereocenters. The third kappa shape index (κ3) is 2.27. The molecule has 1 saturated heterocycles. The summed E-state index contributed by atoms with van der Waals surface area (Å²) in [6.07, 6.45) is 1.51. The zero-order chi connectivity index (χ0) is 10.6. The fourth-order valence-electron chi connectivity index (χ4n) is 1.62. The van der Waals surface area contributed by atoms with E-state index in [2.05, 4.69) is 10.5 Å². The Morgan fingerprint density at radius 1 is 1.57 bits per heavy atom. The molecule has 0 aromatic carbocycles. The number of oxime groups is 1. The van der Waals surface area contributed by atoms with E-state index in [1.807, 2.05) is 0 Å². The molecule has 1 aliphatic rings. The maximum absolute atomic E-state index is 11.2. The molecule has 4 N–H and O–H groups in total. The first-order chi connectivity index (χ1) is 6.69. The Kier molecular flexibility index (Phi) is 3.55. The number of amidine groups is 1. The van der Waals surface area contributed by atoms with Gasteiger partial charge in [-0.25, -0.2) is 4.79 Å². The molecule has 0 aromatic rings. The molecule has 6 nitrogen and oxygen atoms in total. The van der Waals surface area contributed by atoms with Gasteiger partial charge in [0.1, 0.15) is 5.84 Å². The van der Waals surface area contributed by atoms with E-state index < -0.39 is 0 Å². The Bertz CT molecular complexity index is 233. The third-order valence-corrected chi connectivity index (χ3v) is 2.53. The van der Waals surface area contributed by atoms with E-state index in [-0.39, 0.29) is 17.8 Å². The van der Waals surface area contributed by atoms with Crippen molar-refractivity contribution >= 4 is 11.9 Å². The summed E-state index contributed by atoms with van der Waals surface area (Å²) in [7, 11) is 1.61. The van der Waals surface area contributed by atoms with Gasteiger partial charge < -0.3 is 21.2 Å². The summed E-state index contributed by atoms with van der Waals surface area (Å²) in [5.74, 6) is 0.363. The van der Waals surface area contributed by atoms with Crippen LogP contribution in [0.3, 0.4) is 0 Å². The van der Waals surface area contributed by atoms with Crippen molar-refractivity contribution in [1.82, 2.24) is 10.2 Å². The number of nitrogens with one attached hydrogen (secondary N) is 1. The summed E-state index contributed by atoms with van der Waals surface area (Å²) >= 11 is 0. The van der Waals surface area contributed by atoms with Crippen molar-refractivity contribution in [2.24, 2.45) is 16.8 Å². The standard InChI is InChI=1S/C8H16N4O2/c1-10-8(13)12-4-2-6(3-5-12)7(9)11-14/h6,14H,2-5H2,1H3,(H2,9,11)(H,10,13). The fourth-order valence-corrected chi connectivity index (χ4v) is 1.62. The summed E-state index contributed by atoms with van der Waals surface area (Å²) in [4.78, 5) is 12.9. The monoisotopic (exact) mass is 200 g/mol. The van der Waals surface area contributed by atoms with Crippen LogP contribution in [-0.2, 0) is 0 Å². The van der Waals surface area contributed by atoms with Crippen LogP contribution in [0.1, 0.15) is 12.8 Å². The SMILES string of the molecule is CNC(=O)N1CCC(C(N)=NO)CC1. The van der Waals surface area contributed by atoms with E-state index in [0.717, 1.165) is 12.8 Å². The van der Waals surface area contributed by atoms with Gasteiger partial charge >= 0.3 is 6.03 Å². The van der Waals surface area contributed by atoms with E-state index in [0.29, 0.717) is 13.1 Å². The van der Waals surface area contributed by atoms with Gasteiger partial charge in [-0.2, -0.15) is 0 Å². The number of urea groups is 1. The van der Waals surface area contributed by atoms with Crippen LogP contribution in [0.25, 0.3) is 0 Å². The molecule has 14 heavy (non-hydrogen) atoms. The van der Waals surface area contributed by atoms with Gasteiger partial charge in [-0.15, -0.1) is 0 Å². The maximum Gasteiger partial charge on any atom is 0.317 e. The lowest BCUT2D eigenvalue weighted by molar-refractivity contribution is 0.181. The second-order valence-corrected chi connectivity index (χ2v) is 3.34. The summed E-state index contributed by atoms with van der Waals surface area (Å²) in [5, 5.41) is 14.0. The Morgan fingerprint density at radius 3 is 2.57 bits per heavy atom. The van der Waals surface area contributed by atoms with Gasteiger partial charge in [-0.3, -0.25) is 0 Å². The maximum atomic E-state index is 11.2. The molecule has 0 aliphatic carbocycles. The van der Waals surface area contributed by atoms with Gasteiger partial charge in [0.25, 0.3) is 0 Å². The minimum Gasteiger partial charge on any atom is -0.409 e. The molecule has 80 valence electrons. The normalized spacial score (nSPS) is 19.5. The van der Waals surface area contributed by atoms with Gasteiger partial charge in [0.2, 0.25) is 0 Å². The molecule has 1 fully saturated rings. The van der Waals surface area contributed by atoms with Crippen LogP contribution in [0.2, 0.25) is 0 Å². The van der Waals surface area contributed by atoms with Crippen LogP contribution in [0.4, 0.5) is 4.79 Å². The van der Waals surface area contributed by atoms with E-state index in [9.17, 15) is 4.79 Å². The number of nitrogens with two attached hydrogens (primary N) is 1. The van der Waals surface area contributed by atoms with Crippen molar-refractivity contribution in [2.45, 2.75) is 12.8 Å². The molecule has 0 aromatic heterocycles. The largest absolute Gasteiger partial charge is 0.409 e. The van der Waals surface area contributed by atoms with Crippen LogP contribution in [0.15, 0.2) is 5.16 Å². The van der Waals surface area contributed by atoms with Crippen molar-refractivity contribution in [1.29, 1.82) is 0 Å². The van der Waals surface area contributed by atoms with Gasteiger partial charge in [-0.1, -0.05) is 5.16 Å². The Labute approximate surface area is 82.7 Å². The first-order valence-corrected chi connectivity index (χ1v) is 4.63. The number of nitrogens with zero attached hydrogens (tertiary/aromatic N) is 2. The van der Waals surface area contributed by atoms with Crippen molar-refractivity contribution < 1.29 is 10.0 Å². The van der Waals surface area contributed by atoms with Crippen LogP contribution in [-0.4, -0.2) is 42.1 Å². The highest BCUT2D eigenvalue weighted by Gasteiger charge is 2.24. The first-order valence-electron chi connectivity index (χ1n) is 4.63. The zero-order valence-electron chi connectivity index (χ0n) is 8.23. The molecule has 1 rings (SSSR count). The smallest absolute Gasteiger partial charge is 0.317 e. The van der Waals surface area contributed by atoms with Crippen LogP contribution >= 0.6 is 0 Å². The van der Waals surface area contributed by atoms with Gasteiger partial charge in [0, 0.05) is 26.1 Å². The minimum absolute atomic E-state index is 0.0667. The van der Waals surface area contributed by atoms with E-state index in [1.54, 1.807) is 11.9 Å². The highest BCUT2D eigenvalue weighted by atomic mass is 16.4.